The van der Waals surface area contributed by atoms with Gasteiger partial charge in [-0.25, -0.2) is 10.4 Å². The Hall–Kier alpha value is -2.80. The third kappa shape index (κ3) is 4.39. The van der Waals surface area contributed by atoms with E-state index in [1.54, 1.807) is 7.11 Å². The first-order valence-corrected chi connectivity index (χ1v) is 8.69. The topological polar surface area (TPSA) is 79.4 Å². The number of aromatic nitrogens is 2. The van der Waals surface area contributed by atoms with Gasteiger partial charge >= 0.3 is 0 Å². The molecule has 0 saturated heterocycles. The third-order valence-corrected chi connectivity index (χ3v) is 4.42. The van der Waals surface area contributed by atoms with E-state index in [0.29, 0.717) is 10.9 Å². The molecule has 3 aromatic rings. The molecule has 25 heavy (non-hydrogen) atoms. The van der Waals surface area contributed by atoms with Crippen molar-refractivity contribution < 1.29 is 9.53 Å². The Morgan fingerprint density at radius 1 is 1.28 bits per heavy atom. The second kappa shape index (κ2) is 7.85. The van der Waals surface area contributed by atoms with Crippen molar-refractivity contribution in [1.82, 2.24) is 15.4 Å². The van der Waals surface area contributed by atoms with Crippen molar-refractivity contribution in [1.29, 1.82) is 0 Å². The zero-order valence-electron chi connectivity index (χ0n) is 13.9. The van der Waals surface area contributed by atoms with E-state index in [-0.39, 0.29) is 11.7 Å². The van der Waals surface area contributed by atoms with Crippen LogP contribution in [0.4, 0.5) is 0 Å². The smallest absolute Gasteiger partial charge is 0.250 e. The zero-order chi connectivity index (χ0) is 17.6. The summed E-state index contributed by atoms with van der Waals surface area (Å²) in [6, 6.07) is 15.3. The van der Waals surface area contributed by atoms with E-state index < -0.39 is 0 Å². The summed E-state index contributed by atoms with van der Waals surface area (Å²) in [5.74, 6) is 0.792. The van der Waals surface area contributed by atoms with Gasteiger partial charge in [0.05, 0.1) is 29.6 Å². The van der Waals surface area contributed by atoms with Crippen molar-refractivity contribution in [3.8, 4) is 5.75 Å². The maximum atomic E-state index is 12.0. The van der Waals surface area contributed by atoms with E-state index in [2.05, 4.69) is 20.5 Å². The molecule has 128 valence electrons. The molecule has 0 unspecified atom stereocenters. The fraction of sp³-hybridized carbons (Fsp3) is 0.167. The Bertz CT molecular complexity index is 887. The number of thioether (sulfide) groups is 1. The van der Waals surface area contributed by atoms with Gasteiger partial charge in [-0.1, -0.05) is 36.0 Å². The summed E-state index contributed by atoms with van der Waals surface area (Å²) < 4.78 is 5.19. The van der Waals surface area contributed by atoms with Crippen molar-refractivity contribution in [2.24, 2.45) is 5.10 Å². The number of benzene rings is 2. The van der Waals surface area contributed by atoms with Crippen molar-refractivity contribution in [3.05, 3.63) is 54.1 Å². The Kier molecular flexibility index (Phi) is 5.35. The number of ether oxygens (including phenoxy) is 1. The van der Waals surface area contributed by atoms with E-state index in [1.165, 1.54) is 11.8 Å². The van der Waals surface area contributed by atoms with Crippen molar-refractivity contribution in [3.63, 3.8) is 0 Å². The lowest BCUT2D eigenvalue weighted by Gasteiger charge is -2.04. The minimum atomic E-state index is -0.187. The van der Waals surface area contributed by atoms with Crippen LogP contribution in [0.1, 0.15) is 12.5 Å². The number of carbonyl (C=O) groups excluding carboxylic acids is 1. The number of carbonyl (C=O) groups is 1. The molecule has 0 bridgehead atoms. The van der Waals surface area contributed by atoms with Gasteiger partial charge in [-0.15, -0.1) is 0 Å². The lowest BCUT2D eigenvalue weighted by Crippen LogP contribution is -2.21. The third-order valence-electron chi connectivity index (χ3n) is 3.54. The van der Waals surface area contributed by atoms with Crippen LogP contribution in [0, 0.1) is 0 Å². The summed E-state index contributed by atoms with van der Waals surface area (Å²) in [6.45, 7) is 1.83. The molecule has 1 aromatic heterocycles. The van der Waals surface area contributed by atoms with E-state index in [9.17, 15) is 4.79 Å². The number of hydrazone groups is 1. The summed E-state index contributed by atoms with van der Waals surface area (Å²) in [7, 11) is 1.61. The largest absolute Gasteiger partial charge is 0.497 e. The summed E-state index contributed by atoms with van der Waals surface area (Å²) >= 11 is 1.34. The number of amides is 1. The van der Waals surface area contributed by atoms with Crippen LogP contribution in [-0.4, -0.2) is 34.4 Å². The van der Waals surface area contributed by atoms with E-state index in [0.717, 1.165) is 22.3 Å². The number of H-pyrrole nitrogens is 1. The van der Waals surface area contributed by atoms with Gasteiger partial charge in [-0.05, 0) is 31.2 Å². The molecule has 0 aliphatic rings. The zero-order valence-corrected chi connectivity index (χ0v) is 14.8. The normalized spacial score (nSPS) is 11.5. The first-order valence-electron chi connectivity index (χ1n) is 7.71. The van der Waals surface area contributed by atoms with Gasteiger partial charge in [-0.2, -0.15) is 5.10 Å². The highest BCUT2D eigenvalue weighted by Gasteiger charge is 2.07. The lowest BCUT2D eigenvalue weighted by atomic mass is 10.1. The van der Waals surface area contributed by atoms with Crippen molar-refractivity contribution >= 4 is 34.4 Å². The molecular formula is C18H18N4O2S. The van der Waals surface area contributed by atoms with Gasteiger partial charge in [0, 0.05) is 5.56 Å². The van der Waals surface area contributed by atoms with Crippen LogP contribution in [0.3, 0.4) is 0 Å². The number of para-hydroxylation sites is 2. The molecule has 0 atom stereocenters. The second-order valence-electron chi connectivity index (χ2n) is 5.31. The molecule has 7 heteroatoms. The number of rotatable bonds is 6. The predicted molar refractivity (Wildman–Crippen MR) is 100 cm³/mol. The number of fused-ring (bicyclic) bond motifs is 1. The Balaban J connectivity index is 1.56. The Morgan fingerprint density at radius 2 is 2.12 bits per heavy atom. The van der Waals surface area contributed by atoms with E-state index in [1.807, 2.05) is 55.5 Å². The molecular weight excluding hydrogens is 336 g/mol. The van der Waals surface area contributed by atoms with Crippen LogP contribution in [0.2, 0.25) is 0 Å². The lowest BCUT2D eigenvalue weighted by molar-refractivity contribution is -0.118. The van der Waals surface area contributed by atoms with Crippen LogP contribution in [0.5, 0.6) is 5.75 Å². The molecule has 0 aliphatic heterocycles. The van der Waals surface area contributed by atoms with Crippen LogP contribution >= 0.6 is 11.8 Å². The highest BCUT2D eigenvalue weighted by Crippen LogP contribution is 2.18. The standard InChI is InChI=1S/C18H18N4O2S/c1-12(13-6-5-7-14(10-13)24-2)21-22-17(23)11-25-18-19-15-8-3-4-9-16(15)20-18/h3-10H,11H2,1-2H3,(H,19,20)(H,22,23)/b21-12+. The van der Waals surface area contributed by atoms with E-state index >= 15 is 0 Å². The Labute approximate surface area is 149 Å². The van der Waals surface area contributed by atoms with Gasteiger partial charge in [0.25, 0.3) is 5.91 Å². The van der Waals surface area contributed by atoms with Crippen LogP contribution in [0.15, 0.2) is 58.8 Å². The molecule has 1 heterocycles. The number of nitrogens with one attached hydrogen (secondary N) is 2. The summed E-state index contributed by atoms with van der Waals surface area (Å²) in [5, 5.41) is 4.86. The maximum Gasteiger partial charge on any atom is 0.250 e. The van der Waals surface area contributed by atoms with Crippen molar-refractivity contribution in [2.75, 3.05) is 12.9 Å². The van der Waals surface area contributed by atoms with Gasteiger partial charge in [0.1, 0.15) is 5.75 Å². The summed E-state index contributed by atoms with van der Waals surface area (Å²) in [5.41, 5.74) is 6.01. The minimum Gasteiger partial charge on any atom is -0.497 e. The number of nitrogens with zero attached hydrogens (tertiary/aromatic N) is 2. The summed E-state index contributed by atoms with van der Waals surface area (Å²) in [4.78, 5) is 19.6. The minimum absolute atomic E-state index is 0.187. The average Bonchev–Trinajstić information content (AvgIpc) is 3.07. The Morgan fingerprint density at radius 3 is 2.92 bits per heavy atom. The number of hydrogen-bond donors (Lipinski definition) is 2. The number of methoxy groups -OCH3 is 1. The number of imidazole rings is 1. The van der Waals surface area contributed by atoms with Crippen LogP contribution in [0.25, 0.3) is 11.0 Å². The highest BCUT2D eigenvalue weighted by molar-refractivity contribution is 7.99. The maximum absolute atomic E-state index is 12.0. The van der Waals surface area contributed by atoms with Crippen LogP contribution in [-0.2, 0) is 4.79 Å². The second-order valence-corrected chi connectivity index (χ2v) is 6.28. The molecule has 0 spiro atoms. The van der Waals surface area contributed by atoms with Gasteiger partial charge in [-0.3, -0.25) is 4.79 Å². The van der Waals surface area contributed by atoms with Gasteiger partial charge in [0.2, 0.25) is 0 Å². The molecule has 2 N–H and O–H groups in total. The molecule has 0 fully saturated rings. The molecule has 0 radical (unpaired) electrons. The SMILES string of the molecule is COc1cccc(/C(C)=N/NC(=O)CSc2nc3ccccc3[nH]2)c1. The molecule has 3 rings (SSSR count). The first-order chi connectivity index (χ1) is 12.2. The quantitative estimate of drug-likeness (QED) is 0.405. The number of hydrogen-bond acceptors (Lipinski definition) is 5. The van der Waals surface area contributed by atoms with Crippen LogP contribution < -0.4 is 10.2 Å². The monoisotopic (exact) mass is 354 g/mol. The van der Waals surface area contributed by atoms with Gasteiger partial charge < -0.3 is 9.72 Å². The van der Waals surface area contributed by atoms with Gasteiger partial charge in [0.15, 0.2) is 5.16 Å². The molecule has 2 aromatic carbocycles. The summed E-state index contributed by atoms with van der Waals surface area (Å²) in [6.07, 6.45) is 0. The number of aromatic amines is 1. The fourth-order valence-corrected chi connectivity index (χ4v) is 2.90. The molecule has 0 aliphatic carbocycles. The molecule has 6 nitrogen and oxygen atoms in total. The van der Waals surface area contributed by atoms with Crippen molar-refractivity contribution in [2.45, 2.75) is 12.1 Å². The highest BCUT2D eigenvalue weighted by atomic mass is 32.2. The van der Waals surface area contributed by atoms with E-state index in [4.69, 9.17) is 4.74 Å². The molecule has 1 amide bonds. The fourth-order valence-electron chi connectivity index (χ4n) is 2.22. The molecule has 0 saturated carbocycles. The predicted octanol–water partition coefficient (Wildman–Crippen LogP) is 3.20. The first kappa shape index (κ1) is 17.0. The average molecular weight is 354 g/mol.